The summed E-state index contributed by atoms with van der Waals surface area (Å²) in [4.78, 5) is 25.1. The molecule has 0 unspecified atom stereocenters. The van der Waals surface area contributed by atoms with Crippen LogP contribution in [-0.2, 0) is 4.79 Å². The Labute approximate surface area is 121 Å². The Morgan fingerprint density at radius 3 is 2.76 bits per heavy atom. The summed E-state index contributed by atoms with van der Waals surface area (Å²) < 4.78 is 12.9. The zero-order chi connectivity index (χ0) is 15.2. The summed E-state index contributed by atoms with van der Waals surface area (Å²) in [5.41, 5.74) is 0.617. The molecule has 0 saturated carbocycles. The van der Waals surface area contributed by atoms with Crippen molar-refractivity contribution in [3.05, 3.63) is 30.1 Å². The van der Waals surface area contributed by atoms with Gasteiger partial charge in [-0.3, -0.25) is 4.79 Å². The number of amides is 3. The van der Waals surface area contributed by atoms with Crippen LogP contribution in [0.25, 0.3) is 0 Å². The molecule has 1 fully saturated rings. The number of rotatable bonds is 5. The minimum Gasteiger partial charge on any atom is -0.396 e. The maximum Gasteiger partial charge on any atom is 0.315 e. The van der Waals surface area contributed by atoms with Crippen LogP contribution in [0.3, 0.4) is 0 Å². The van der Waals surface area contributed by atoms with Gasteiger partial charge < -0.3 is 20.6 Å². The highest BCUT2D eigenvalue weighted by Crippen LogP contribution is 2.21. The second kappa shape index (κ2) is 7.03. The van der Waals surface area contributed by atoms with Crippen molar-refractivity contribution in [2.24, 2.45) is 0 Å². The summed E-state index contributed by atoms with van der Waals surface area (Å²) in [5, 5.41) is 13.9. The summed E-state index contributed by atoms with van der Waals surface area (Å²) in [7, 11) is 0. The SMILES string of the molecule is O=C(NCCCO)N[C@H]1CC(=O)N(c2ccc(F)cc2)C1. The molecule has 1 aliphatic heterocycles. The third-order valence-electron chi connectivity index (χ3n) is 3.22. The number of hydrogen-bond acceptors (Lipinski definition) is 3. The third kappa shape index (κ3) is 4.16. The minimum atomic E-state index is -0.359. The monoisotopic (exact) mass is 295 g/mol. The number of nitrogens with zero attached hydrogens (tertiary/aromatic N) is 1. The fourth-order valence-corrected chi connectivity index (χ4v) is 2.19. The van der Waals surface area contributed by atoms with Crippen molar-refractivity contribution in [3.63, 3.8) is 0 Å². The number of anilines is 1. The van der Waals surface area contributed by atoms with Crippen LogP contribution in [0.2, 0.25) is 0 Å². The molecule has 6 nitrogen and oxygen atoms in total. The molecule has 7 heteroatoms. The van der Waals surface area contributed by atoms with Crippen molar-refractivity contribution >= 4 is 17.6 Å². The molecule has 0 radical (unpaired) electrons. The number of aliphatic hydroxyl groups is 1. The predicted molar refractivity (Wildman–Crippen MR) is 75.4 cm³/mol. The Balaban J connectivity index is 1.87. The van der Waals surface area contributed by atoms with Gasteiger partial charge in [0.1, 0.15) is 5.82 Å². The van der Waals surface area contributed by atoms with E-state index in [2.05, 4.69) is 10.6 Å². The quantitative estimate of drug-likeness (QED) is 0.696. The molecule has 0 aromatic heterocycles. The van der Waals surface area contributed by atoms with Crippen molar-refractivity contribution < 1.29 is 19.1 Å². The van der Waals surface area contributed by atoms with E-state index in [0.717, 1.165) is 0 Å². The van der Waals surface area contributed by atoms with Gasteiger partial charge in [0, 0.05) is 31.8 Å². The molecule has 0 spiro atoms. The van der Waals surface area contributed by atoms with Crippen LogP contribution in [0.1, 0.15) is 12.8 Å². The van der Waals surface area contributed by atoms with Crippen LogP contribution in [0.15, 0.2) is 24.3 Å². The summed E-state index contributed by atoms with van der Waals surface area (Å²) in [6, 6.07) is 5.03. The Morgan fingerprint density at radius 1 is 1.38 bits per heavy atom. The van der Waals surface area contributed by atoms with Crippen molar-refractivity contribution in [1.29, 1.82) is 0 Å². The average molecular weight is 295 g/mol. The van der Waals surface area contributed by atoms with Gasteiger partial charge in [-0.15, -0.1) is 0 Å². The van der Waals surface area contributed by atoms with Crippen LogP contribution in [-0.4, -0.2) is 42.8 Å². The predicted octanol–water partition coefficient (Wildman–Crippen LogP) is 0.613. The molecule has 1 saturated heterocycles. The van der Waals surface area contributed by atoms with E-state index in [0.29, 0.717) is 25.2 Å². The molecule has 1 aromatic carbocycles. The Morgan fingerprint density at radius 2 is 2.10 bits per heavy atom. The first-order valence-corrected chi connectivity index (χ1v) is 6.81. The molecule has 2 rings (SSSR count). The number of carbonyl (C=O) groups is 2. The van der Waals surface area contributed by atoms with Gasteiger partial charge in [-0.05, 0) is 30.7 Å². The molecule has 1 aromatic rings. The van der Waals surface area contributed by atoms with E-state index in [-0.39, 0.29) is 36.8 Å². The zero-order valence-electron chi connectivity index (χ0n) is 11.5. The highest BCUT2D eigenvalue weighted by atomic mass is 19.1. The van der Waals surface area contributed by atoms with Gasteiger partial charge in [0.15, 0.2) is 0 Å². The molecule has 114 valence electrons. The first-order valence-electron chi connectivity index (χ1n) is 6.81. The fourth-order valence-electron chi connectivity index (χ4n) is 2.19. The third-order valence-corrected chi connectivity index (χ3v) is 3.22. The zero-order valence-corrected chi connectivity index (χ0v) is 11.5. The summed E-state index contributed by atoms with van der Waals surface area (Å²) in [5.74, 6) is -0.467. The smallest absolute Gasteiger partial charge is 0.315 e. The van der Waals surface area contributed by atoms with Crippen LogP contribution in [0.5, 0.6) is 0 Å². The van der Waals surface area contributed by atoms with Gasteiger partial charge in [0.2, 0.25) is 5.91 Å². The topological polar surface area (TPSA) is 81.7 Å². The number of benzene rings is 1. The van der Waals surface area contributed by atoms with Gasteiger partial charge in [0.05, 0.1) is 6.04 Å². The molecular weight excluding hydrogens is 277 g/mol. The summed E-state index contributed by atoms with van der Waals surface area (Å²) in [6.45, 7) is 0.753. The lowest BCUT2D eigenvalue weighted by Crippen LogP contribution is -2.43. The number of carbonyl (C=O) groups excluding carboxylic acids is 2. The van der Waals surface area contributed by atoms with E-state index >= 15 is 0 Å². The van der Waals surface area contributed by atoms with E-state index < -0.39 is 0 Å². The van der Waals surface area contributed by atoms with Gasteiger partial charge >= 0.3 is 6.03 Å². The normalized spacial score (nSPS) is 17.9. The number of urea groups is 1. The molecule has 1 heterocycles. The first-order chi connectivity index (χ1) is 10.1. The maximum absolute atomic E-state index is 12.9. The Kier molecular flexibility index (Phi) is 5.10. The Bertz CT molecular complexity index is 507. The molecule has 3 amide bonds. The van der Waals surface area contributed by atoms with Crippen LogP contribution in [0.4, 0.5) is 14.9 Å². The highest BCUT2D eigenvalue weighted by molar-refractivity contribution is 5.96. The minimum absolute atomic E-state index is 0.0144. The second-order valence-electron chi connectivity index (χ2n) is 4.86. The number of nitrogens with one attached hydrogen (secondary N) is 2. The standard InChI is InChI=1S/C14H18FN3O3/c15-10-2-4-12(5-3-10)18-9-11(8-13(18)20)17-14(21)16-6-1-7-19/h2-5,11,19H,1,6-9H2,(H2,16,17,21)/t11-/m0/s1. The Hall–Kier alpha value is -2.15. The average Bonchev–Trinajstić information content (AvgIpc) is 2.80. The van der Waals surface area contributed by atoms with E-state index in [1.54, 1.807) is 0 Å². The number of hydrogen-bond donors (Lipinski definition) is 3. The van der Waals surface area contributed by atoms with E-state index in [9.17, 15) is 14.0 Å². The highest BCUT2D eigenvalue weighted by Gasteiger charge is 2.31. The maximum atomic E-state index is 12.9. The molecule has 21 heavy (non-hydrogen) atoms. The molecule has 0 bridgehead atoms. The lowest BCUT2D eigenvalue weighted by Gasteiger charge is -2.17. The van der Waals surface area contributed by atoms with Gasteiger partial charge in [0.25, 0.3) is 0 Å². The lowest BCUT2D eigenvalue weighted by atomic mass is 10.2. The fraction of sp³-hybridized carbons (Fsp3) is 0.429. The van der Waals surface area contributed by atoms with Gasteiger partial charge in [-0.2, -0.15) is 0 Å². The van der Waals surface area contributed by atoms with Gasteiger partial charge in [-0.1, -0.05) is 0 Å². The van der Waals surface area contributed by atoms with Crippen LogP contribution in [0, 0.1) is 5.82 Å². The van der Waals surface area contributed by atoms with E-state index in [1.807, 2.05) is 0 Å². The molecule has 0 aliphatic carbocycles. The van der Waals surface area contributed by atoms with Crippen LogP contribution >= 0.6 is 0 Å². The summed E-state index contributed by atoms with van der Waals surface area (Å²) in [6.07, 6.45) is 0.698. The van der Waals surface area contributed by atoms with Gasteiger partial charge in [-0.25, -0.2) is 9.18 Å². The van der Waals surface area contributed by atoms with Crippen LogP contribution < -0.4 is 15.5 Å². The van der Waals surface area contributed by atoms with E-state index in [1.165, 1.54) is 29.2 Å². The second-order valence-corrected chi connectivity index (χ2v) is 4.86. The largest absolute Gasteiger partial charge is 0.396 e. The molecular formula is C14H18FN3O3. The van der Waals surface area contributed by atoms with E-state index in [4.69, 9.17) is 5.11 Å². The van der Waals surface area contributed by atoms with Crippen molar-refractivity contribution in [1.82, 2.24) is 10.6 Å². The van der Waals surface area contributed by atoms with Crippen molar-refractivity contribution in [2.45, 2.75) is 18.9 Å². The van der Waals surface area contributed by atoms with Crippen molar-refractivity contribution in [2.75, 3.05) is 24.6 Å². The molecule has 1 aliphatic rings. The number of halogens is 1. The van der Waals surface area contributed by atoms with Crippen molar-refractivity contribution in [3.8, 4) is 0 Å². The summed E-state index contributed by atoms with van der Waals surface area (Å²) >= 11 is 0. The number of aliphatic hydroxyl groups excluding tert-OH is 1. The molecule has 3 N–H and O–H groups in total. The molecule has 1 atom stereocenters. The lowest BCUT2D eigenvalue weighted by molar-refractivity contribution is -0.117. The first kappa shape index (κ1) is 15.2.